The van der Waals surface area contributed by atoms with Crippen LogP contribution in [-0.4, -0.2) is 43.9 Å². The Morgan fingerprint density at radius 1 is 0.879 bits per heavy atom. The molecule has 6 nitrogen and oxygen atoms in total. The van der Waals surface area contributed by atoms with Crippen molar-refractivity contribution >= 4 is 11.7 Å². The maximum Gasteiger partial charge on any atom is 0.338 e. The van der Waals surface area contributed by atoms with Gasteiger partial charge >= 0.3 is 5.97 Å². The molecule has 0 spiro atoms. The van der Waals surface area contributed by atoms with E-state index in [4.69, 9.17) is 9.47 Å². The number of benzene rings is 1. The van der Waals surface area contributed by atoms with Crippen molar-refractivity contribution in [1.82, 2.24) is 5.01 Å². The van der Waals surface area contributed by atoms with Crippen LogP contribution in [0, 0.1) is 0 Å². The fourth-order valence-electron chi connectivity index (χ4n) is 4.00. The molecule has 1 fully saturated rings. The summed E-state index contributed by atoms with van der Waals surface area (Å²) in [7, 11) is 0. The van der Waals surface area contributed by atoms with E-state index in [0.717, 1.165) is 25.9 Å². The summed E-state index contributed by atoms with van der Waals surface area (Å²) in [5.74, 6) is -0.284. The molecule has 1 saturated heterocycles. The lowest BCUT2D eigenvalue weighted by atomic mass is 10.0. The van der Waals surface area contributed by atoms with Gasteiger partial charge in [-0.3, -0.25) is 5.01 Å². The summed E-state index contributed by atoms with van der Waals surface area (Å²) in [4.78, 5) is 12.3. The molecule has 2 rings (SSSR count). The molecule has 0 saturated carbocycles. The number of ether oxygens (including phenoxy) is 2. The molecule has 33 heavy (non-hydrogen) atoms. The summed E-state index contributed by atoms with van der Waals surface area (Å²) in [5.41, 5.74) is 1.19. The van der Waals surface area contributed by atoms with Crippen LogP contribution in [0.15, 0.2) is 34.6 Å². The predicted molar refractivity (Wildman–Crippen MR) is 134 cm³/mol. The van der Waals surface area contributed by atoms with E-state index in [1.807, 2.05) is 17.1 Å². The van der Waals surface area contributed by atoms with Gasteiger partial charge in [-0.25, -0.2) is 4.79 Å². The highest BCUT2D eigenvalue weighted by molar-refractivity contribution is 5.90. The van der Waals surface area contributed by atoms with Crippen LogP contribution in [0.25, 0.3) is 0 Å². The fourth-order valence-corrected chi connectivity index (χ4v) is 4.00. The van der Waals surface area contributed by atoms with Crippen molar-refractivity contribution in [2.24, 2.45) is 10.3 Å². The van der Waals surface area contributed by atoms with Crippen LogP contribution in [0.5, 0.6) is 0 Å². The number of rotatable bonds is 18. The van der Waals surface area contributed by atoms with Crippen LogP contribution in [0.2, 0.25) is 0 Å². The van der Waals surface area contributed by atoms with Gasteiger partial charge in [0, 0.05) is 0 Å². The highest BCUT2D eigenvalue weighted by Gasteiger charge is 2.09. The molecule has 1 heterocycles. The molecule has 0 aliphatic carbocycles. The highest BCUT2D eigenvalue weighted by atomic mass is 16.5. The third-order valence-electron chi connectivity index (χ3n) is 6.09. The number of nitrogens with zero attached hydrogens (tertiary/aromatic N) is 3. The second-order valence-electron chi connectivity index (χ2n) is 9.04. The lowest BCUT2D eigenvalue weighted by Crippen LogP contribution is -2.31. The minimum absolute atomic E-state index is 0.284. The van der Waals surface area contributed by atoms with Gasteiger partial charge in [-0.1, -0.05) is 102 Å². The van der Waals surface area contributed by atoms with Crippen molar-refractivity contribution in [3.05, 3.63) is 29.8 Å². The monoisotopic (exact) mass is 459 g/mol. The van der Waals surface area contributed by atoms with E-state index in [1.165, 1.54) is 77.0 Å². The molecule has 6 heteroatoms. The summed E-state index contributed by atoms with van der Waals surface area (Å²) in [6, 6.07) is 7.16. The maximum absolute atomic E-state index is 12.3. The first kappa shape index (κ1) is 27.3. The standard InChI is InChI=1S/C27H45N3O3/c1-2-3-4-5-6-7-8-9-10-11-12-13-14-15-21-33-27(31)25-17-16-18-26(24-25)28-29-30-19-22-32-23-20-30/h16-18,24H,2-15,19-23H2,1H3. The third kappa shape index (κ3) is 13.4. The van der Waals surface area contributed by atoms with Crippen LogP contribution >= 0.6 is 0 Å². The van der Waals surface area contributed by atoms with Gasteiger partial charge in [-0.15, -0.1) is 5.11 Å². The Hall–Kier alpha value is -1.95. The minimum atomic E-state index is -0.284. The second kappa shape index (κ2) is 18.5. The Balaban J connectivity index is 1.46. The molecular formula is C27H45N3O3. The van der Waals surface area contributed by atoms with Crippen LogP contribution < -0.4 is 0 Å². The molecule has 0 radical (unpaired) electrons. The quantitative estimate of drug-likeness (QED) is 0.128. The zero-order valence-electron chi connectivity index (χ0n) is 20.8. The first-order chi connectivity index (χ1) is 16.3. The van der Waals surface area contributed by atoms with Crippen LogP contribution in [0.1, 0.15) is 107 Å². The first-order valence-electron chi connectivity index (χ1n) is 13.3. The maximum atomic E-state index is 12.3. The van der Waals surface area contributed by atoms with Gasteiger partial charge in [0.05, 0.1) is 44.2 Å². The lowest BCUT2D eigenvalue weighted by Gasteiger charge is -2.22. The molecule has 0 aromatic heterocycles. The van der Waals surface area contributed by atoms with E-state index in [0.29, 0.717) is 31.1 Å². The molecule has 0 atom stereocenters. The summed E-state index contributed by atoms with van der Waals surface area (Å²) in [6.07, 6.45) is 18.5. The molecule has 0 N–H and O–H groups in total. The van der Waals surface area contributed by atoms with Gasteiger partial charge in [-0.05, 0) is 24.6 Å². The van der Waals surface area contributed by atoms with E-state index in [9.17, 15) is 4.79 Å². The first-order valence-corrected chi connectivity index (χ1v) is 13.3. The zero-order valence-corrected chi connectivity index (χ0v) is 20.8. The van der Waals surface area contributed by atoms with Crippen LogP contribution in [-0.2, 0) is 9.47 Å². The topological polar surface area (TPSA) is 63.5 Å². The Morgan fingerprint density at radius 2 is 1.45 bits per heavy atom. The fraction of sp³-hybridized carbons (Fsp3) is 0.741. The highest BCUT2D eigenvalue weighted by Crippen LogP contribution is 2.17. The number of morpholine rings is 1. The van der Waals surface area contributed by atoms with E-state index >= 15 is 0 Å². The average Bonchev–Trinajstić information content (AvgIpc) is 2.86. The van der Waals surface area contributed by atoms with Crippen molar-refractivity contribution in [3.8, 4) is 0 Å². The Labute approximate surface area is 201 Å². The summed E-state index contributed by atoms with van der Waals surface area (Å²) in [6.45, 7) is 5.58. The van der Waals surface area contributed by atoms with E-state index < -0.39 is 0 Å². The average molecular weight is 460 g/mol. The van der Waals surface area contributed by atoms with Crippen LogP contribution in [0.4, 0.5) is 5.69 Å². The normalized spacial score (nSPS) is 14.2. The minimum Gasteiger partial charge on any atom is -0.462 e. The third-order valence-corrected chi connectivity index (χ3v) is 6.09. The van der Waals surface area contributed by atoms with Crippen molar-refractivity contribution in [2.75, 3.05) is 32.9 Å². The molecule has 0 amide bonds. The number of hydrogen-bond donors (Lipinski definition) is 0. The van der Waals surface area contributed by atoms with E-state index in [1.54, 1.807) is 12.1 Å². The molecule has 0 bridgehead atoms. The summed E-state index contributed by atoms with van der Waals surface area (Å²) in [5, 5.41) is 10.3. The number of esters is 1. The Morgan fingerprint density at radius 3 is 2.06 bits per heavy atom. The van der Waals surface area contributed by atoms with Gasteiger partial charge in [-0.2, -0.15) is 0 Å². The molecule has 186 valence electrons. The zero-order chi connectivity index (χ0) is 23.4. The lowest BCUT2D eigenvalue weighted by molar-refractivity contribution is 0.0353. The van der Waals surface area contributed by atoms with E-state index in [-0.39, 0.29) is 5.97 Å². The largest absolute Gasteiger partial charge is 0.462 e. The van der Waals surface area contributed by atoms with Crippen molar-refractivity contribution in [2.45, 2.75) is 96.8 Å². The van der Waals surface area contributed by atoms with Gasteiger partial charge in [0.2, 0.25) is 0 Å². The van der Waals surface area contributed by atoms with Crippen LogP contribution in [0.3, 0.4) is 0 Å². The van der Waals surface area contributed by atoms with Gasteiger partial charge in [0.1, 0.15) is 0 Å². The number of carbonyl (C=O) groups is 1. The molecule has 1 aromatic carbocycles. The Bertz CT molecular complexity index is 660. The second-order valence-corrected chi connectivity index (χ2v) is 9.04. The number of carbonyl (C=O) groups excluding carboxylic acids is 1. The van der Waals surface area contributed by atoms with Crippen molar-refractivity contribution in [1.29, 1.82) is 0 Å². The smallest absolute Gasteiger partial charge is 0.338 e. The Kier molecular flexibility index (Phi) is 15.3. The van der Waals surface area contributed by atoms with E-state index in [2.05, 4.69) is 17.3 Å². The molecular weight excluding hydrogens is 414 g/mol. The molecule has 1 aromatic rings. The molecule has 1 aliphatic rings. The molecule has 0 unspecified atom stereocenters. The number of hydrogen-bond acceptors (Lipinski definition) is 5. The predicted octanol–water partition coefficient (Wildman–Crippen LogP) is 7.66. The van der Waals surface area contributed by atoms with Crippen molar-refractivity contribution in [3.63, 3.8) is 0 Å². The number of unbranched alkanes of at least 4 members (excludes halogenated alkanes) is 13. The molecule has 1 aliphatic heterocycles. The van der Waals surface area contributed by atoms with Crippen molar-refractivity contribution < 1.29 is 14.3 Å². The SMILES string of the molecule is CCCCCCCCCCCCCCCCOC(=O)c1cccc(N=NN2CCOCC2)c1. The van der Waals surface area contributed by atoms with Gasteiger partial charge in [0.15, 0.2) is 0 Å². The van der Waals surface area contributed by atoms with Gasteiger partial charge < -0.3 is 9.47 Å². The summed E-state index contributed by atoms with van der Waals surface area (Å²) < 4.78 is 10.7. The van der Waals surface area contributed by atoms with Gasteiger partial charge in [0.25, 0.3) is 0 Å². The summed E-state index contributed by atoms with van der Waals surface area (Å²) >= 11 is 0.